The van der Waals surface area contributed by atoms with Gasteiger partial charge in [-0.25, -0.2) is 0 Å². The zero-order valence-electron chi connectivity index (χ0n) is 15.3. The Morgan fingerprint density at radius 1 is 1.24 bits per heavy atom. The van der Waals surface area contributed by atoms with E-state index in [2.05, 4.69) is 29.4 Å². The summed E-state index contributed by atoms with van der Waals surface area (Å²) in [6.07, 6.45) is 3.25. The number of rotatable bonds is 6. The number of amides is 2. The van der Waals surface area contributed by atoms with Crippen molar-refractivity contribution in [1.29, 1.82) is 0 Å². The fraction of sp³-hybridized carbons (Fsp3) is 0.600. The first-order chi connectivity index (χ1) is 12.1. The molecule has 0 unspecified atom stereocenters. The monoisotopic (exact) mass is 343 g/mol. The average Bonchev–Trinajstić information content (AvgIpc) is 3.37. The van der Waals surface area contributed by atoms with E-state index >= 15 is 0 Å². The second kappa shape index (κ2) is 8.00. The third-order valence-electron chi connectivity index (χ3n) is 5.54. The maximum absolute atomic E-state index is 12.4. The number of nitrogens with one attached hydrogen (secondary N) is 2. The summed E-state index contributed by atoms with van der Waals surface area (Å²) in [6.45, 7) is 8.36. The standard InChI is InChI=1S/C20H29N3O2/c1-3-23-9-7-15(8-10-23)13-21-19(24)16-5-4-6-17(12-16)22-20(25)18-11-14(18)2/h4-6,12,14-15,18H,3,7-11,13H2,1-2H3,(H,21,24)(H,22,25)/t14-,18-/m1/s1. The Morgan fingerprint density at radius 2 is 1.96 bits per heavy atom. The van der Waals surface area contributed by atoms with E-state index in [0.717, 1.165) is 45.4 Å². The van der Waals surface area contributed by atoms with Crippen LogP contribution in [0.4, 0.5) is 5.69 Å². The van der Waals surface area contributed by atoms with E-state index in [1.54, 1.807) is 12.1 Å². The third-order valence-corrected chi connectivity index (χ3v) is 5.54. The van der Waals surface area contributed by atoms with E-state index in [4.69, 9.17) is 0 Å². The maximum Gasteiger partial charge on any atom is 0.251 e. The molecule has 0 radical (unpaired) electrons. The van der Waals surface area contributed by atoms with Gasteiger partial charge in [0.2, 0.25) is 5.91 Å². The first kappa shape index (κ1) is 17.9. The summed E-state index contributed by atoms with van der Waals surface area (Å²) in [5.74, 6) is 1.17. The van der Waals surface area contributed by atoms with Crippen molar-refractivity contribution in [2.45, 2.75) is 33.1 Å². The Balaban J connectivity index is 1.48. The van der Waals surface area contributed by atoms with Crippen molar-refractivity contribution in [1.82, 2.24) is 10.2 Å². The van der Waals surface area contributed by atoms with Crippen molar-refractivity contribution < 1.29 is 9.59 Å². The van der Waals surface area contributed by atoms with Gasteiger partial charge in [0.15, 0.2) is 0 Å². The van der Waals surface area contributed by atoms with Gasteiger partial charge in [0.1, 0.15) is 0 Å². The van der Waals surface area contributed by atoms with Crippen LogP contribution in [0.3, 0.4) is 0 Å². The first-order valence-corrected chi connectivity index (χ1v) is 9.48. The van der Waals surface area contributed by atoms with Crippen LogP contribution in [0.5, 0.6) is 0 Å². The highest BCUT2D eigenvalue weighted by molar-refractivity contribution is 5.98. The molecule has 1 heterocycles. The van der Waals surface area contributed by atoms with Crippen LogP contribution in [0.1, 0.15) is 43.5 Å². The minimum Gasteiger partial charge on any atom is -0.352 e. The van der Waals surface area contributed by atoms with Crippen LogP contribution < -0.4 is 10.6 Å². The molecule has 5 nitrogen and oxygen atoms in total. The van der Waals surface area contributed by atoms with E-state index in [1.807, 2.05) is 12.1 Å². The molecule has 2 aliphatic rings. The normalized spacial score (nSPS) is 23.9. The Bertz CT molecular complexity index is 623. The van der Waals surface area contributed by atoms with Gasteiger partial charge in [-0.3, -0.25) is 9.59 Å². The number of benzene rings is 1. The number of hydrogen-bond donors (Lipinski definition) is 2. The lowest BCUT2D eigenvalue weighted by Crippen LogP contribution is -2.38. The molecule has 1 aliphatic carbocycles. The molecular weight excluding hydrogens is 314 g/mol. The second-order valence-electron chi connectivity index (χ2n) is 7.48. The summed E-state index contributed by atoms with van der Waals surface area (Å²) in [5, 5.41) is 5.98. The number of likely N-dealkylation sites (tertiary alicyclic amines) is 1. The molecule has 1 aliphatic heterocycles. The van der Waals surface area contributed by atoms with Crippen LogP contribution in [0, 0.1) is 17.8 Å². The van der Waals surface area contributed by atoms with Crippen LogP contribution in [0.15, 0.2) is 24.3 Å². The number of carbonyl (C=O) groups excluding carboxylic acids is 2. The SMILES string of the molecule is CCN1CCC(CNC(=O)c2cccc(NC(=O)[C@@H]3C[C@H]3C)c2)CC1. The van der Waals surface area contributed by atoms with Gasteiger partial charge in [0, 0.05) is 23.7 Å². The minimum atomic E-state index is -0.0613. The van der Waals surface area contributed by atoms with Crippen LogP contribution in [-0.4, -0.2) is 42.9 Å². The molecule has 1 aromatic carbocycles. The minimum absolute atomic E-state index is 0.0613. The topological polar surface area (TPSA) is 61.4 Å². The van der Waals surface area contributed by atoms with Crippen LogP contribution in [0.2, 0.25) is 0 Å². The molecule has 5 heteroatoms. The fourth-order valence-corrected chi connectivity index (χ4v) is 3.51. The Morgan fingerprint density at radius 3 is 2.60 bits per heavy atom. The molecule has 136 valence electrons. The highest BCUT2D eigenvalue weighted by Crippen LogP contribution is 2.38. The quantitative estimate of drug-likeness (QED) is 0.835. The summed E-state index contributed by atoms with van der Waals surface area (Å²) < 4.78 is 0. The zero-order chi connectivity index (χ0) is 17.8. The van der Waals surface area contributed by atoms with Crippen LogP contribution in [-0.2, 0) is 4.79 Å². The molecule has 1 saturated heterocycles. The number of piperidine rings is 1. The molecule has 1 aromatic rings. The highest BCUT2D eigenvalue weighted by atomic mass is 16.2. The van der Waals surface area contributed by atoms with E-state index < -0.39 is 0 Å². The Kier molecular flexibility index (Phi) is 5.74. The van der Waals surface area contributed by atoms with Gasteiger partial charge >= 0.3 is 0 Å². The summed E-state index contributed by atoms with van der Waals surface area (Å²) in [6, 6.07) is 7.22. The molecule has 2 atom stereocenters. The first-order valence-electron chi connectivity index (χ1n) is 9.48. The average molecular weight is 343 g/mol. The predicted molar refractivity (Wildman–Crippen MR) is 99.5 cm³/mol. The predicted octanol–water partition coefficient (Wildman–Crippen LogP) is 2.74. The molecule has 2 amide bonds. The largest absolute Gasteiger partial charge is 0.352 e. The number of nitrogens with zero attached hydrogens (tertiary/aromatic N) is 1. The molecule has 0 spiro atoms. The van der Waals surface area contributed by atoms with Crippen molar-refractivity contribution >= 4 is 17.5 Å². The molecule has 0 bridgehead atoms. The lowest BCUT2D eigenvalue weighted by Gasteiger charge is -2.31. The number of carbonyl (C=O) groups is 2. The summed E-state index contributed by atoms with van der Waals surface area (Å²) in [4.78, 5) is 26.9. The zero-order valence-corrected chi connectivity index (χ0v) is 15.3. The van der Waals surface area contributed by atoms with Gasteiger partial charge in [-0.15, -0.1) is 0 Å². The molecule has 2 fully saturated rings. The van der Waals surface area contributed by atoms with Gasteiger partial charge in [0.25, 0.3) is 5.91 Å². The smallest absolute Gasteiger partial charge is 0.251 e. The van der Waals surface area contributed by atoms with Gasteiger partial charge < -0.3 is 15.5 Å². The summed E-state index contributed by atoms with van der Waals surface area (Å²) in [5.41, 5.74) is 1.31. The van der Waals surface area contributed by atoms with Crippen LogP contribution >= 0.6 is 0 Å². The maximum atomic E-state index is 12.4. The van der Waals surface area contributed by atoms with Crippen molar-refractivity contribution in [2.75, 3.05) is 31.5 Å². The number of hydrogen-bond acceptors (Lipinski definition) is 3. The van der Waals surface area contributed by atoms with Crippen molar-refractivity contribution in [2.24, 2.45) is 17.8 Å². The summed E-state index contributed by atoms with van der Waals surface area (Å²) in [7, 11) is 0. The Hall–Kier alpha value is -1.88. The van der Waals surface area contributed by atoms with Crippen molar-refractivity contribution in [3.8, 4) is 0 Å². The molecule has 1 saturated carbocycles. The molecule has 0 aromatic heterocycles. The molecule has 25 heavy (non-hydrogen) atoms. The fourth-order valence-electron chi connectivity index (χ4n) is 3.51. The second-order valence-corrected chi connectivity index (χ2v) is 7.48. The lowest BCUT2D eigenvalue weighted by atomic mass is 9.96. The van der Waals surface area contributed by atoms with E-state index in [9.17, 15) is 9.59 Å². The van der Waals surface area contributed by atoms with E-state index in [-0.39, 0.29) is 17.7 Å². The van der Waals surface area contributed by atoms with Crippen LogP contribution in [0.25, 0.3) is 0 Å². The third kappa shape index (κ3) is 4.82. The molecular formula is C20H29N3O2. The van der Waals surface area contributed by atoms with Gasteiger partial charge in [-0.1, -0.05) is 19.9 Å². The Labute approximate surface area is 150 Å². The van der Waals surface area contributed by atoms with Gasteiger partial charge in [-0.2, -0.15) is 0 Å². The van der Waals surface area contributed by atoms with Crippen molar-refractivity contribution in [3.05, 3.63) is 29.8 Å². The van der Waals surface area contributed by atoms with E-state index in [0.29, 0.717) is 23.1 Å². The molecule has 3 rings (SSSR count). The number of anilines is 1. The highest BCUT2D eigenvalue weighted by Gasteiger charge is 2.39. The summed E-state index contributed by atoms with van der Waals surface area (Å²) >= 11 is 0. The van der Waals surface area contributed by atoms with Gasteiger partial charge in [-0.05, 0) is 68.9 Å². The lowest BCUT2D eigenvalue weighted by molar-refractivity contribution is -0.117. The van der Waals surface area contributed by atoms with Gasteiger partial charge in [0.05, 0.1) is 0 Å². The molecule has 2 N–H and O–H groups in total. The van der Waals surface area contributed by atoms with Crippen molar-refractivity contribution in [3.63, 3.8) is 0 Å². The van der Waals surface area contributed by atoms with E-state index in [1.165, 1.54) is 0 Å².